The molecule has 5 heterocycles. The third kappa shape index (κ3) is 6.17. The molecule has 0 unspecified atom stereocenters. The SMILES string of the molecule is CC.COc1ncc(-c2nc(N3CCOCC3)nc3c(CN4CCNCC4)c(C)sc23)cc1NSC1CC1. The fourth-order valence-electron chi connectivity index (χ4n) is 4.65. The summed E-state index contributed by atoms with van der Waals surface area (Å²) in [6, 6.07) is 2.12. The Labute approximate surface area is 233 Å². The van der Waals surface area contributed by atoms with E-state index >= 15 is 0 Å². The first-order valence-corrected chi connectivity index (χ1v) is 15.4. The fraction of sp³-hybridized carbons (Fsp3) is 0.593. The molecule has 38 heavy (non-hydrogen) atoms. The summed E-state index contributed by atoms with van der Waals surface area (Å²) >= 11 is 3.54. The van der Waals surface area contributed by atoms with E-state index in [1.165, 1.54) is 23.3 Å². The Bertz CT molecular complexity index is 1220. The number of pyridine rings is 1. The van der Waals surface area contributed by atoms with Gasteiger partial charge in [-0.25, -0.2) is 15.0 Å². The van der Waals surface area contributed by atoms with Crippen molar-refractivity contribution in [1.82, 2.24) is 25.2 Å². The van der Waals surface area contributed by atoms with Crippen molar-refractivity contribution >= 4 is 45.1 Å². The van der Waals surface area contributed by atoms with Crippen LogP contribution in [-0.4, -0.2) is 84.7 Å². The number of methoxy groups -OCH3 is 1. The van der Waals surface area contributed by atoms with E-state index in [1.807, 2.05) is 20.0 Å². The van der Waals surface area contributed by atoms with Gasteiger partial charge in [-0.15, -0.1) is 11.3 Å². The monoisotopic (exact) mass is 557 g/mol. The summed E-state index contributed by atoms with van der Waals surface area (Å²) in [5.41, 5.74) is 5.20. The zero-order chi connectivity index (χ0) is 26.5. The molecule has 3 fully saturated rings. The summed E-state index contributed by atoms with van der Waals surface area (Å²) in [6.07, 6.45) is 4.39. The molecule has 2 saturated heterocycles. The highest BCUT2D eigenvalue weighted by Crippen LogP contribution is 2.41. The van der Waals surface area contributed by atoms with E-state index in [-0.39, 0.29) is 0 Å². The molecule has 3 aromatic rings. The van der Waals surface area contributed by atoms with Gasteiger partial charge in [0.15, 0.2) is 0 Å². The van der Waals surface area contributed by atoms with Crippen LogP contribution in [-0.2, 0) is 11.3 Å². The van der Waals surface area contributed by atoms with Crippen LogP contribution in [0.5, 0.6) is 5.88 Å². The average molecular weight is 558 g/mol. The Kier molecular flexibility index (Phi) is 9.21. The second-order valence-corrected chi connectivity index (χ2v) is 11.8. The van der Waals surface area contributed by atoms with Crippen molar-refractivity contribution in [3.63, 3.8) is 0 Å². The summed E-state index contributed by atoms with van der Waals surface area (Å²) in [4.78, 5) is 21.0. The number of fused-ring (bicyclic) bond motifs is 1. The Balaban J connectivity index is 0.00000144. The van der Waals surface area contributed by atoms with Crippen molar-refractivity contribution in [2.24, 2.45) is 0 Å². The first-order chi connectivity index (χ1) is 18.7. The summed E-state index contributed by atoms with van der Waals surface area (Å²) in [5, 5.41) is 4.13. The number of rotatable bonds is 8. The minimum Gasteiger partial charge on any atom is -0.480 e. The highest BCUT2D eigenvalue weighted by molar-refractivity contribution is 8.01. The van der Waals surface area contributed by atoms with Gasteiger partial charge < -0.3 is 24.4 Å². The van der Waals surface area contributed by atoms with Crippen LogP contribution in [0.3, 0.4) is 0 Å². The molecule has 6 rings (SSSR count). The van der Waals surface area contributed by atoms with Gasteiger partial charge in [0.2, 0.25) is 11.8 Å². The second-order valence-electron chi connectivity index (χ2n) is 9.51. The topological polar surface area (TPSA) is 87.7 Å². The number of aryl methyl sites for hydroxylation is 1. The summed E-state index contributed by atoms with van der Waals surface area (Å²) in [5.74, 6) is 1.38. The lowest BCUT2D eigenvalue weighted by Crippen LogP contribution is -2.43. The van der Waals surface area contributed by atoms with Crippen LogP contribution >= 0.6 is 23.3 Å². The molecule has 0 radical (unpaired) electrons. The Morgan fingerprint density at radius 2 is 1.92 bits per heavy atom. The number of hydrogen-bond acceptors (Lipinski definition) is 11. The van der Waals surface area contributed by atoms with Crippen molar-refractivity contribution in [1.29, 1.82) is 0 Å². The van der Waals surface area contributed by atoms with Gasteiger partial charge in [-0.2, -0.15) is 0 Å². The summed E-state index contributed by atoms with van der Waals surface area (Å²) in [7, 11) is 1.67. The molecule has 0 aromatic carbocycles. The van der Waals surface area contributed by atoms with Crippen LogP contribution in [0.2, 0.25) is 0 Å². The van der Waals surface area contributed by atoms with Gasteiger partial charge in [-0.05, 0) is 37.8 Å². The molecule has 0 atom stereocenters. The predicted octanol–water partition coefficient (Wildman–Crippen LogP) is 4.56. The van der Waals surface area contributed by atoms with Gasteiger partial charge in [-0.3, -0.25) is 4.90 Å². The van der Waals surface area contributed by atoms with Crippen LogP contribution < -0.4 is 19.7 Å². The van der Waals surface area contributed by atoms with Gasteiger partial charge in [0, 0.05) is 73.3 Å². The van der Waals surface area contributed by atoms with Crippen LogP contribution in [0.15, 0.2) is 12.3 Å². The van der Waals surface area contributed by atoms with Gasteiger partial charge >= 0.3 is 0 Å². The summed E-state index contributed by atoms with van der Waals surface area (Å²) in [6.45, 7) is 14.3. The number of nitrogens with zero attached hydrogens (tertiary/aromatic N) is 5. The largest absolute Gasteiger partial charge is 0.480 e. The standard InChI is InChI=1S/C25H33N7O2S2.C2H6/c1-16-19(15-31-7-5-26-6-8-31)22-23(35-16)21(28-25(29-22)32-9-11-34-12-10-32)17-13-20(24(33-2)27-14-17)30-36-18-3-4-18;1-2/h13-14,18,26,30H,3-12,15H2,1-2H3;1-2H3. The maximum absolute atomic E-state index is 5.60. The van der Waals surface area contributed by atoms with Gasteiger partial charge in [0.1, 0.15) is 5.69 Å². The molecule has 0 bridgehead atoms. The average Bonchev–Trinajstić information content (AvgIpc) is 3.76. The molecule has 0 amide bonds. The number of morpholine rings is 1. The molecular weight excluding hydrogens is 518 g/mol. The molecule has 9 nitrogen and oxygen atoms in total. The maximum atomic E-state index is 5.60. The quantitative estimate of drug-likeness (QED) is 0.384. The van der Waals surface area contributed by atoms with Crippen LogP contribution in [0, 0.1) is 6.92 Å². The lowest BCUT2D eigenvalue weighted by Gasteiger charge is -2.28. The molecule has 3 aliphatic rings. The molecule has 0 spiro atoms. The molecular formula is C27H39N7O2S2. The Hall–Kier alpha value is -2.18. The normalized spacial score (nSPS) is 18.3. The minimum atomic E-state index is 0.604. The predicted molar refractivity (Wildman–Crippen MR) is 159 cm³/mol. The number of piperazine rings is 1. The molecule has 206 valence electrons. The second kappa shape index (κ2) is 12.8. The van der Waals surface area contributed by atoms with E-state index in [0.29, 0.717) is 24.3 Å². The first kappa shape index (κ1) is 27.4. The van der Waals surface area contributed by atoms with Crippen molar-refractivity contribution < 1.29 is 9.47 Å². The smallest absolute Gasteiger partial charge is 0.237 e. The Morgan fingerprint density at radius 3 is 2.63 bits per heavy atom. The molecule has 1 saturated carbocycles. The minimum absolute atomic E-state index is 0.604. The number of nitrogens with one attached hydrogen (secondary N) is 2. The fourth-order valence-corrected chi connectivity index (χ4v) is 6.58. The molecule has 2 N–H and O–H groups in total. The molecule has 11 heteroatoms. The molecule has 3 aromatic heterocycles. The highest BCUT2D eigenvalue weighted by Gasteiger charge is 2.25. The van der Waals surface area contributed by atoms with Crippen LogP contribution in [0.25, 0.3) is 21.5 Å². The van der Waals surface area contributed by atoms with Crippen molar-refractivity contribution in [2.45, 2.75) is 45.4 Å². The number of hydrogen-bond donors (Lipinski definition) is 2. The lowest BCUT2D eigenvalue weighted by atomic mass is 10.1. The number of anilines is 2. The van der Waals surface area contributed by atoms with E-state index in [1.54, 1.807) is 30.4 Å². The number of thiophene rings is 1. The number of ether oxygens (including phenoxy) is 2. The van der Waals surface area contributed by atoms with Crippen molar-refractivity contribution in [3.05, 3.63) is 22.7 Å². The number of aromatic nitrogens is 3. The van der Waals surface area contributed by atoms with E-state index in [9.17, 15) is 0 Å². The van der Waals surface area contributed by atoms with Gasteiger partial charge in [0.25, 0.3) is 0 Å². The molecule has 1 aliphatic carbocycles. The molecule has 2 aliphatic heterocycles. The summed E-state index contributed by atoms with van der Waals surface area (Å²) < 4.78 is 15.8. The van der Waals surface area contributed by atoms with Crippen molar-refractivity contribution in [3.8, 4) is 17.1 Å². The van der Waals surface area contributed by atoms with Gasteiger partial charge in [0.05, 0.1) is 36.2 Å². The van der Waals surface area contributed by atoms with E-state index in [0.717, 1.165) is 78.9 Å². The maximum Gasteiger partial charge on any atom is 0.237 e. The zero-order valence-electron chi connectivity index (χ0n) is 22.9. The Morgan fingerprint density at radius 1 is 1.16 bits per heavy atom. The van der Waals surface area contributed by atoms with Crippen LogP contribution in [0.1, 0.15) is 37.1 Å². The van der Waals surface area contributed by atoms with E-state index < -0.39 is 0 Å². The zero-order valence-corrected chi connectivity index (χ0v) is 24.5. The third-order valence-electron chi connectivity index (χ3n) is 6.88. The van der Waals surface area contributed by atoms with E-state index in [2.05, 4.69) is 37.8 Å². The first-order valence-electron chi connectivity index (χ1n) is 13.7. The lowest BCUT2D eigenvalue weighted by molar-refractivity contribution is 0.122. The third-order valence-corrected chi connectivity index (χ3v) is 9.17. The van der Waals surface area contributed by atoms with Gasteiger partial charge in [-0.1, -0.05) is 13.8 Å². The highest BCUT2D eigenvalue weighted by atomic mass is 32.2. The van der Waals surface area contributed by atoms with Crippen LogP contribution in [0.4, 0.5) is 11.6 Å². The van der Waals surface area contributed by atoms with Crippen molar-refractivity contribution in [2.75, 3.05) is 69.2 Å². The van der Waals surface area contributed by atoms with E-state index in [4.69, 9.17) is 19.4 Å².